The van der Waals surface area contributed by atoms with Crippen molar-refractivity contribution in [2.75, 3.05) is 23.3 Å². The highest BCUT2D eigenvalue weighted by Crippen LogP contribution is 2.39. The minimum absolute atomic E-state index is 0.0571. The van der Waals surface area contributed by atoms with Crippen LogP contribution in [0.2, 0.25) is 0 Å². The summed E-state index contributed by atoms with van der Waals surface area (Å²) in [6.07, 6.45) is 7.53. The average molecular weight is 803 g/mol. The van der Waals surface area contributed by atoms with Gasteiger partial charge in [0.1, 0.15) is 11.6 Å². The summed E-state index contributed by atoms with van der Waals surface area (Å²) < 4.78 is 33.3. The summed E-state index contributed by atoms with van der Waals surface area (Å²) >= 11 is 1.28. The number of hydrogen-bond donors (Lipinski definition) is 2. The number of piperidine rings is 1. The highest BCUT2D eigenvalue weighted by atomic mass is 32.1. The van der Waals surface area contributed by atoms with Gasteiger partial charge in [0.05, 0.1) is 24.5 Å². The third-order valence-corrected chi connectivity index (χ3v) is 13.2. The van der Waals surface area contributed by atoms with Crippen molar-refractivity contribution in [2.24, 2.45) is 0 Å². The molecule has 296 valence electrons. The lowest BCUT2D eigenvalue weighted by Crippen LogP contribution is -2.53. The summed E-state index contributed by atoms with van der Waals surface area (Å²) in [5, 5.41) is 7.32. The number of hydrogen-bond acceptors (Lipinski definition) is 9. The molecule has 3 aromatic carbocycles. The molecule has 5 aliphatic heterocycles. The number of carbonyl (C=O) groups is 4. The minimum Gasteiger partial charge on any atom is -0.368 e. The van der Waals surface area contributed by atoms with Crippen LogP contribution in [-0.2, 0) is 40.4 Å². The molecule has 15 heteroatoms. The van der Waals surface area contributed by atoms with Gasteiger partial charge in [-0.15, -0.1) is 11.3 Å². The Morgan fingerprint density at radius 3 is 2.48 bits per heavy atom. The van der Waals surface area contributed by atoms with Crippen molar-refractivity contribution < 1.29 is 28.0 Å². The number of nitrogens with zero attached hydrogens (tertiary/aromatic N) is 6. The Labute approximate surface area is 336 Å². The molecule has 0 radical (unpaired) electrons. The first-order valence-corrected chi connectivity index (χ1v) is 20.7. The summed E-state index contributed by atoms with van der Waals surface area (Å²) in [5.74, 6) is -3.20. The summed E-state index contributed by atoms with van der Waals surface area (Å²) in [5.41, 5.74) is 5.48. The summed E-state index contributed by atoms with van der Waals surface area (Å²) in [4.78, 5) is 66.9. The van der Waals surface area contributed by atoms with Gasteiger partial charge in [0, 0.05) is 84.3 Å². The van der Waals surface area contributed by atoms with E-state index >= 15 is 8.78 Å². The van der Waals surface area contributed by atoms with Gasteiger partial charge < -0.3 is 14.4 Å². The van der Waals surface area contributed by atoms with E-state index < -0.39 is 41.3 Å². The maximum atomic E-state index is 16.0. The Morgan fingerprint density at radius 2 is 1.74 bits per heavy atom. The van der Waals surface area contributed by atoms with E-state index in [1.807, 2.05) is 34.9 Å². The molecule has 3 fully saturated rings. The molecule has 5 aromatic rings. The predicted octanol–water partition coefficient (Wildman–Crippen LogP) is 5.94. The fourth-order valence-electron chi connectivity index (χ4n) is 9.64. The van der Waals surface area contributed by atoms with Gasteiger partial charge in [0.25, 0.3) is 11.8 Å². The molecular weight excluding hydrogens is 763 g/mol. The number of aromatic nitrogens is 3. The molecule has 0 saturated carbocycles. The average Bonchev–Trinajstić information content (AvgIpc) is 4.05. The van der Waals surface area contributed by atoms with Crippen LogP contribution in [0.3, 0.4) is 0 Å². The van der Waals surface area contributed by atoms with E-state index in [1.165, 1.54) is 28.4 Å². The largest absolute Gasteiger partial charge is 0.368 e. The highest BCUT2D eigenvalue weighted by Gasteiger charge is 2.43. The van der Waals surface area contributed by atoms with E-state index in [0.717, 1.165) is 67.8 Å². The van der Waals surface area contributed by atoms with E-state index in [-0.39, 0.29) is 42.1 Å². The van der Waals surface area contributed by atoms with Crippen molar-refractivity contribution in [3.8, 4) is 11.1 Å². The van der Waals surface area contributed by atoms with E-state index in [2.05, 4.69) is 30.4 Å². The van der Waals surface area contributed by atoms with Crippen molar-refractivity contribution in [2.45, 2.75) is 82.2 Å². The fraction of sp³-hybridized carbons (Fsp3) is 0.349. The first-order valence-electron chi connectivity index (χ1n) is 19.8. The van der Waals surface area contributed by atoms with E-state index in [0.29, 0.717) is 34.9 Å². The Kier molecular flexibility index (Phi) is 9.16. The standard InChI is InChI=1S/C43H40F2N8O4S/c44-34-16-24(3-10-30(34)31-11-12-37(54)48-40(31)55)19-52-28-8-9-29(52)21-51(20-28)27-6-4-25(5-7-27)26-17-32-33(35(45)18-26)22-53(42(32)57)39(41(56)49-43-46-13-15-58-43)38-36-2-1-14-50(36)23-47-38/h3-7,10,13,15-18,23,28-29,31,39H,1-2,8-9,11-12,14,19-22H2,(H,46,49,56)(H,48,54,55). The van der Waals surface area contributed by atoms with Crippen LogP contribution in [0.25, 0.3) is 11.1 Å². The topological polar surface area (TPSA) is 133 Å². The van der Waals surface area contributed by atoms with Gasteiger partial charge >= 0.3 is 0 Å². The van der Waals surface area contributed by atoms with Crippen LogP contribution in [0.15, 0.2) is 72.5 Å². The lowest BCUT2D eigenvalue weighted by molar-refractivity contribution is -0.134. The van der Waals surface area contributed by atoms with E-state index in [9.17, 15) is 19.2 Å². The molecule has 12 nitrogen and oxygen atoms in total. The van der Waals surface area contributed by atoms with Gasteiger partial charge in [-0.1, -0.05) is 24.3 Å². The van der Waals surface area contributed by atoms with E-state index in [4.69, 9.17) is 0 Å². The van der Waals surface area contributed by atoms with Crippen LogP contribution >= 0.6 is 11.3 Å². The van der Waals surface area contributed by atoms with Crippen LogP contribution in [0.1, 0.15) is 82.5 Å². The van der Waals surface area contributed by atoms with Crippen LogP contribution in [0.5, 0.6) is 0 Å². The molecule has 0 aliphatic carbocycles. The number of aryl methyl sites for hydroxylation is 1. The highest BCUT2D eigenvalue weighted by molar-refractivity contribution is 7.13. The smallest absolute Gasteiger partial charge is 0.255 e. The lowest BCUT2D eigenvalue weighted by Gasteiger charge is -2.42. The SMILES string of the molecule is O=C1CCC(c2ccc(CN3C4CCC3CN(c3ccc(-c5cc(F)c6c(c5)C(=O)N(C(C(=O)Nc5nccs5)c5ncn7c5CCC7)C6)cc3)C4)cc2F)C(=O)N1. The number of amides is 4. The zero-order valence-corrected chi connectivity index (χ0v) is 32.3. The monoisotopic (exact) mass is 802 g/mol. The number of piperazine rings is 1. The maximum Gasteiger partial charge on any atom is 0.255 e. The molecule has 2 N–H and O–H groups in total. The summed E-state index contributed by atoms with van der Waals surface area (Å²) in [6.45, 7) is 2.96. The van der Waals surface area contributed by atoms with Crippen LogP contribution in [0.4, 0.5) is 19.6 Å². The second-order valence-electron chi connectivity index (χ2n) is 15.9. The molecular formula is C43H40F2N8O4S. The molecule has 4 unspecified atom stereocenters. The van der Waals surface area contributed by atoms with Crippen molar-refractivity contribution >= 4 is 45.8 Å². The predicted molar refractivity (Wildman–Crippen MR) is 212 cm³/mol. The number of halogens is 2. The Bertz CT molecular complexity index is 2460. The quantitative estimate of drug-likeness (QED) is 0.175. The molecule has 4 atom stereocenters. The zero-order valence-electron chi connectivity index (χ0n) is 31.5. The molecule has 2 bridgehead atoms. The third-order valence-electron chi connectivity index (χ3n) is 12.5. The number of benzene rings is 3. The first-order chi connectivity index (χ1) is 28.2. The van der Waals surface area contributed by atoms with Gasteiger partial charge in [0.2, 0.25) is 11.8 Å². The molecule has 2 aromatic heterocycles. The van der Waals surface area contributed by atoms with Crippen LogP contribution in [0, 0.1) is 11.6 Å². The molecule has 7 heterocycles. The second kappa shape index (κ2) is 14.5. The third kappa shape index (κ3) is 6.46. The lowest BCUT2D eigenvalue weighted by atomic mass is 9.89. The Hall–Kier alpha value is -5.80. The number of thiazole rings is 1. The van der Waals surface area contributed by atoms with Gasteiger partial charge in [-0.3, -0.25) is 34.7 Å². The van der Waals surface area contributed by atoms with E-state index in [1.54, 1.807) is 30.0 Å². The number of imidazole rings is 1. The number of carbonyl (C=O) groups excluding carboxylic acids is 4. The van der Waals surface area contributed by atoms with Gasteiger partial charge in [-0.25, -0.2) is 18.7 Å². The summed E-state index contributed by atoms with van der Waals surface area (Å²) in [6, 6.07) is 15.8. The van der Waals surface area contributed by atoms with Gasteiger partial charge in [-0.2, -0.15) is 0 Å². The Morgan fingerprint density at radius 1 is 0.931 bits per heavy atom. The number of fused-ring (bicyclic) bond motifs is 4. The normalized spacial score (nSPS) is 22.0. The molecule has 0 spiro atoms. The van der Waals surface area contributed by atoms with Crippen LogP contribution < -0.4 is 15.5 Å². The molecule has 58 heavy (non-hydrogen) atoms. The second-order valence-corrected chi connectivity index (χ2v) is 16.8. The number of nitrogens with one attached hydrogen (secondary N) is 2. The maximum absolute atomic E-state index is 16.0. The zero-order chi connectivity index (χ0) is 39.7. The van der Waals surface area contributed by atoms with Crippen molar-refractivity contribution in [3.63, 3.8) is 0 Å². The van der Waals surface area contributed by atoms with Crippen molar-refractivity contribution in [3.05, 3.63) is 118 Å². The van der Waals surface area contributed by atoms with Gasteiger partial charge in [-0.05, 0) is 79.1 Å². The number of anilines is 2. The Balaban J connectivity index is 0.833. The van der Waals surface area contributed by atoms with Crippen molar-refractivity contribution in [1.29, 1.82) is 0 Å². The molecule has 3 saturated heterocycles. The molecule has 10 rings (SSSR count). The summed E-state index contributed by atoms with van der Waals surface area (Å²) in [7, 11) is 0. The molecule has 4 amide bonds. The first kappa shape index (κ1) is 36.5. The van der Waals surface area contributed by atoms with Crippen LogP contribution in [-0.4, -0.2) is 73.1 Å². The van der Waals surface area contributed by atoms with Crippen molar-refractivity contribution in [1.82, 2.24) is 29.7 Å². The fourth-order valence-corrected chi connectivity index (χ4v) is 10.2. The van der Waals surface area contributed by atoms with Gasteiger partial charge in [0.15, 0.2) is 11.2 Å². The minimum atomic E-state index is -1.05. The number of rotatable bonds is 9. The number of imide groups is 1. The molecule has 5 aliphatic rings.